The van der Waals surface area contributed by atoms with Crippen molar-refractivity contribution in [3.05, 3.63) is 77.4 Å². The van der Waals surface area contributed by atoms with E-state index in [4.69, 9.17) is 14.5 Å². The first-order valence-electron chi connectivity index (χ1n) is 12.6. The number of carbonyl (C=O) groups is 1. The lowest BCUT2D eigenvalue weighted by Crippen LogP contribution is -2.37. The van der Waals surface area contributed by atoms with E-state index < -0.39 is 10.0 Å². The molecule has 2 aliphatic rings. The van der Waals surface area contributed by atoms with Crippen LogP contribution in [0.5, 0.6) is 11.5 Å². The summed E-state index contributed by atoms with van der Waals surface area (Å²) in [5, 5.41) is 0.559. The topological polar surface area (TPSA) is 92.3 Å². The summed E-state index contributed by atoms with van der Waals surface area (Å²) >= 11 is 1.40. The summed E-state index contributed by atoms with van der Waals surface area (Å²) in [5.41, 5.74) is 3.33. The number of aromatic nitrogens is 1. The van der Waals surface area contributed by atoms with Crippen LogP contribution in [-0.4, -0.2) is 69.0 Å². The predicted octanol–water partition coefficient (Wildman–Crippen LogP) is 3.98. The molecule has 0 saturated carbocycles. The molecular formula is C28H28N4O5S2. The Balaban J connectivity index is 1.26. The number of amides is 1. The smallest absolute Gasteiger partial charge is 0.260 e. The van der Waals surface area contributed by atoms with E-state index in [1.807, 2.05) is 55.4 Å². The maximum absolute atomic E-state index is 13.7. The lowest BCUT2D eigenvalue weighted by atomic mass is 10.0. The highest BCUT2D eigenvalue weighted by atomic mass is 32.2. The molecule has 0 saturated heterocycles. The summed E-state index contributed by atoms with van der Waals surface area (Å²) in [6.07, 6.45) is 0.677. The molecule has 0 fully saturated rings. The van der Waals surface area contributed by atoms with Crippen LogP contribution in [0.2, 0.25) is 0 Å². The zero-order valence-corrected chi connectivity index (χ0v) is 23.3. The Bertz CT molecular complexity index is 1610. The molecule has 0 spiro atoms. The number of fused-ring (bicyclic) bond motifs is 3. The van der Waals surface area contributed by atoms with Crippen LogP contribution in [0.25, 0.3) is 10.2 Å². The van der Waals surface area contributed by atoms with Gasteiger partial charge in [0.1, 0.15) is 0 Å². The molecule has 9 nitrogen and oxygen atoms in total. The van der Waals surface area contributed by atoms with Gasteiger partial charge in [-0.15, -0.1) is 0 Å². The Kier molecular flexibility index (Phi) is 6.76. The van der Waals surface area contributed by atoms with E-state index in [1.54, 1.807) is 17.0 Å². The van der Waals surface area contributed by atoms with E-state index in [1.165, 1.54) is 33.3 Å². The Morgan fingerprint density at radius 3 is 2.46 bits per heavy atom. The number of thiazole rings is 1. The Morgan fingerprint density at radius 2 is 1.72 bits per heavy atom. The first kappa shape index (κ1) is 25.8. The standard InChI is InChI=1S/C28H28N4O5S2/c1-30(2)13-14-32(28-29-23-15-24-25(37-18-36-24)16-26(23)38-28)27(33)20-7-9-22(10-8-20)39(34,35)31-12-11-19-5-3-4-6-21(19)17-31/h3-10,15-16H,11-14,17-18H2,1-2H3. The van der Waals surface area contributed by atoms with Gasteiger partial charge in [-0.2, -0.15) is 4.31 Å². The van der Waals surface area contributed by atoms with Gasteiger partial charge in [0.05, 0.1) is 15.1 Å². The highest BCUT2D eigenvalue weighted by Crippen LogP contribution is 2.40. The van der Waals surface area contributed by atoms with Gasteiger partial charge in [-0.25, -0.2) is 13.4 Å². The third-order valence-corrected chi connectivity index (χ3v) is 9.85. The fourth-order valence-corrected chi connectivity index (χ4v) is 7.17. The van der Waals surface area contributed by atoms with Gasteiger partial charge >= 0.3 is 0 Å². The third kappa shape index (κ3) is 4.98. The van der Waals surface area contributed by atoms with E-state index in [9.17, 15) is 13.2 Å². The molecule has 39 heavy (non-hydrogen) atoms. The number of likely N-dealkylation sites (N-methyl/N-ethyl adjacent to an activating group) is 1. The maximum atomic E-state index is 13.7. The second-order valence-corrected chi connectivity index (χ2v) is 12.8. The maximum Gasteiger partial charge on any atom is 0.260 e. The van der Waals surface area contributed by atoms with Crippen molar-refractivity contribution in [1.82, 2.24) is 14.2 Å². The van der Waals surface area contributed by atoms with Crippen LogP contribution >= 0.6 is 11.3 Å². The van der Waals surface area contributed by atoms with Crippen molar-refractivity contribution < 1.29 is 22.7 Å². The van der Waals surface area contributed by atoms with Crippen molar-refractivity contribution in [1.29, 1.82) is 0 Å². The molecule has 0 aliphatic carbocycles. The van der Waals surface area contributed by atoms with Crippen LogP contribution in [0.4, 0.5) is 5.13 Å². The number of sulfonamides is 1. The van der Waals surface area contributed by atoms with Crippen LogP contribution in [0.1, 0.15) is 21.5 Å². The Labute approximate surface area is 231 Å². The molecule has 2 aliphatic heterocycles. The quantitative estimate of drug-likeness (QED) is 0.335. The van der Waals surface area contributed by atoms with Crippen LogP contribution in [0.15, 0.2) is 65.6 Å². The molecule has 6 rings (SSSR count). The zero-order chi connectivity index (χ0) is 27.1. The van der Waals surface area contributed by atoms with Crippen LogP contribution in [-0.2, 0) is 23.0 Å². The molecule has 4 aromatic rings. The average Bonchev–Trinajstić information content (AvgIpc) is 3.57. The average molecular weight is 565 g/mol. The molecule has 1 amide bonds. The fourth-order valence-electron chi connectivity index (χ4n) is 4.75. The van der Waals surface area contributed by atoms with Crippen molar-refractivity contribution in [2.75, 3.05) is 45.4 Å². The van der Waals surface area contributed by atoms with Crippen LogP contribution < -0.4 is 14.4 Å². The fraction of sp³-hybridized carbons (Fsp3) is 0.286. The highest BCUT2D eigenvalue weighted by molar-refractivity contribution is 7.89. The Hall–Kier alpha value is -3.51. The molecule has 3 heterocycles. The number of anilines is 1. The number of carbonyl (C=O) groups excluding carboxylic acids is 1. The van der Waals surface area contributed by atoms with Gasteiger partial charge in [-0.3, -0.25) is 9.69 Å². The third-order valence-electron chi connectivity index (χ3n) is 6.95. The number of ether oxygens (including phenoxy) is 2. The molecule has 11 heteroatoms. The van der Waals surface area contributed by atoms with Gasteiger partial charge in [0.15, 0.2) is 16.6 Å². The molecule has 0 unspecified atom stereocenters. The van der Waals surface area contributed by atoms with Gasteiger partial charge in [0.25, 0.3) is 5.91 Å². The normalized spacial score (nSPS) is 15.1. The van der Waals surface area contributed by atoms with Crippen LogP contribution in [0, 0.1) is 0 Å². The second kappa shape index (κ2) is 10.2. The molecule has 3 aromatic carbocycles. The number of benzene rings is 3. The SMILES string of the molecule is CN(C)CCN(C(=O)c1ccc(S(=O)(=O)N2CCc3ccccc3C2)cc1)c1nc2cc3c(cc2s1)OCO3. The summed E-state index contributed by atoms with van der Waals surface area (Å²) in [6.45, 7) is 2.01. The summed E-state index contributed by atoms with van der Waals surface area (Å²) in [5.74, 6) is 1.06. The molecule has 0 atom stereocenters. The minimum atomic E-state index is -3.70. The molecular weight excluding hydrogens is 536 g/mol. The number of nitrogens with zero attached hydrogens (tertiary/aromatic N) is 4. The lowest BCUT2D eigenvalue weighted by Gasteiger charge is -2.28. The van der Waals surface area contributed by atoms with E-state index in [2.05, 4.69) is 0 Å². The van der Waals surface area contributed by atoms with Crippen molar-refractivity contribution in [2.24, 2.45) is 0 Å². The summed E-state index contributed by atoms with van der Waals surface area (Å²) < 4.78 is 40.1. The summed E-state index contributed by atoms with van der Waals surface area (Å²) in [7, 11) is 0.191. The minimum absolute atomic E-state index is 0.174. The van der Waals surface area contributed by atoms with Crippen molar-refractivity contribution in [3.63, 3.8) is 0 Å². The number of hydrogen-bond donors (Lipinski definition) is 0. The minimum Gasteiger partial charge on any atom is -0.454 e. The van der Waals surface area contributed by atoms with Gasteiger partial charge < -0.3 is 14.4 Å². The van der Waals surface area contributed by atoms with E-state index >= 15 is 0 Å². The highest BCUT2D eigenvalue weighted by Gasteiger charge is 2.29. The van der Waals surface area contributed by atoms with Gasteiger partial charge in [0, 0.05) is 43.9 Å². The molecule has 1 aromatic heterocycles. The van der Waals surface area contributed by atoms with Crippen molar-refractivity contribution in [3.8, 4) is 11.5 Å². The first-order valence-corrected chi connectivity index (χ1v) is 14.9. The van der Waals surface area contributed by atoms with Gasteiger partial charge in [-0.05, 0) is 55.9 Å². The largest absolute Gasteiger partial charge is 0.454 e. The molecule has 0 N–H and O–H groups in total. The second-order valence-electron chi connectivity index (χ2n) is 9.81. The summed E-state index contributed by atoms with van der Waals surface area (Å²) in [4.78, 5) is 22.2. The number of rotatable bonds is 7. The van der Waals surface area contributed by atoms with Crippen LogP contribution in [0.3, 0.4) is 0 Å². The van der Waals surface area contributed by atoms with Crippen molar-refractivity contribution in [2.45, 2.75) is 17.9 Å². The lowest BCUT2D eigenvalue weighted by molar-refractivity contribution is 0.0985. The van der Waals surface area contributed by atoms with Gasteiger partial charge in [-0.1, -0.05) is 35.6 Å². The zero-order valence-electron chi connectivity index (χ0n) is 21.7. The van der Waals surface area contributed by atoms with E-state index in [0.717, 1.165) is 15.8 Å². The molecule has 202 valence electrons. The van der Waals surface area contributed by atoms with Gasteiger partial charge in [0.2, 0.25) is 16.8 Å². The predicted molar refractivity (Wildman–Crippen MR) is 150 cm³/mol. The first-order chi connectivity index (χ1) is 18.8. The monoisotopic (exact) mass is 564 g/mol. The van der Waals surface area contributed by atoms with Crippen molar-refractivity contribution >= 4 is 42.6 Å². The van der Waals surface area contributed by atoms with E-state index in [-0.39, 0.29) is 17.6 Å². The number of hydrogen-bond acceptors (Lipinski definition) is 8. The molecule has 0 bridgehead atoms. The summed E-state index contributed by atoms with van der Waals surface area (Å²) in [6, 6.07) is 17.8. The van der Waals surface area contributed by atoms with E-state index in [0.29, 0.717) is 54.8 Å². The molecule has 0 radical (unpaired) electrons. The Morgan fingerprint density at radius 1 is 1.00 bits per heavy atom.